The Hall–Kier alpha value is -2.15. The second kappa shape index (κ2) is 8.30. The minimum Gasteiger partial charge on any atom is -0.474 e. The van der Waals surface area contributed by atoms with Gasteiger partial charge in [0.25, 0.3) is 0 Å². The van der Waals surface area contributed by atoms with Crippen molar-refractivity contribution >= 4 is 6.09 Å². The molecular formula is C22H31N3O4. The quantitative estimate of drug-likeness (QED) is 0.713. The minimum absolute atomic E-state index is 0.0750. The molecule has 0 aromatic carbocycles. The molecule has 1 unspecified atom stereocenters. The topological polar surface area (TPSA) is 73.8 Å². The number of aromatic nitrogens is 2. The number of piperidine rings is 1. The van der Waals surface area contributed by atoms with Crippen LogP contribution in [0.4, 0.5) is 4.79 Å². The van der Waals surface area contributed by atoms with Crippen molar-refractivity contribution in [3.05, 3.63) is 30.7 Å². The molecule has 0 spiro atoms. The molecule has 2 aliphatic heterocycles. The van der Waals surface area contributed by atoms with Crippen LogP contribution >= 0.6 is 0 Å². The van der Waals surface area contributed by atoms with Crippen LogP contribution in [0.25, 0.3) is 0 Å². The number of hydrogen-bond donors (Lipinski definition) is 0. The lowest BCUT2D eigenvalue weighted by molar-refractivity contribution is -0.0788. The number of carbonyl (C=O) groups is 1. The van der Waals surface area contributed by atoms with Gasteiger partial charge in [-0.05, 0) is 59.3 Å². The zero-order valence-electron chi connectivity index (χ0n) is 17.5. The SMILES string of the molecule is CC(C)(C)OC(=O)N1[C@@H]2C=C[C@H]1CC(OC1CCC(Oc3ccncn3)CC1)C2. The highest BCUT2D eigenvalue weighted by molar-refractivity contribution is 5.70. The predicted octanol–water partition coefficient (Wildman–Crippen LogP) is 3.89. The Morgan fingerprint density at radius 3 is 2.28 bits per heavy atom. The molecule has 2 fully saturated rings. The van der Waals surface area contributed by atoms with E-state index >= 15 is 0 Å². The summed E-state index contributed by atoms with van der Waals surface area (Å²) >= 11 is 0. The molecular weight excluding hydrogens is 370 g/mol. The maximum absolute atomic E-state index is 12.6. The van der Waals surface area contributed by atoms with Gasteiger partial charge in [-0.15, -0.1) is 0 Å². The molecule has 3 heterocycles. The molecule has 1 amide bonds. The van der Waals surface area contributed by atoms with E-state index in [2.05, 4.69) is 22.1 Å². The zero-order valence-corrected chi connectivity index (χ0v) is 17.5. The highest BCUT2D eigenvalue weighted by Crippen LogP contribution is 2.35. The van der Waals surface area contributed by atoms with Crippen LogP contribution in [0, 0.1) is 0 Å². The third-order valence-electron chi connectivity index (χ3n) is 5.73. The monoisotopic (exact) mass is 401 g/mol. The van der Waals surface area contributed by atoms with Gasteiger partial charge in [-0.25, -0.2) is 14.8 Å². The Balaban J connectivity index is 1.24. The summed E-state index contributed by atoms with van der Waals surface area (Å²) in [6.45, 7) is 5.71. The normalized spacial score (nSPS) is 31.6. The first-order valence-corrected chi connectivity index (χ1v) is 10.6. The van der Waals surface area contributed by atoms with Gasteiger partial charge in [0.05, 0.1) is 24.3 Å². The summed E-state index contributed by atoms with van der Waals surface area (Å²) in [6, 6.07) is 1.95. The van der Waals surface area contributed by atoms with Gasteiger partial charge in [0.1, 0.15) is 18.0 Å². The fourth-order valence-corrected chi connectivity index (χ4v) is 4.48. The van der Waals surface area contributed by atoms with Gasteiger partial charge in [0, 0.05) is 12.3 Å². The Labute approximate surface area is 172 Å². The third kappa shape index (κ3) is 5.07. The van der Waals surface area contributed by atoms with Crippen LogP contribution in [-0.4, -0.2) is 57.0 Å². The number of nitrogens with zero attached hydrogens (tertiary/aromatic N) is 3. The van der Waals surface area contributed by atoms with Gasteiger partial charge in [-0.1, -0.05) is 12.2 Å². The van der Waals surface area contributed by atoms with Crippen LogP contribution in [0.1, 0.15) is 59.3 Å². The van der Waals surface area contributed by atoms with Gasteiger partial charge in [0.2, 0.25) is 5.88 Å². The molecule has 3 aliphatic rings. The summed E-state index contributed by atoms with van der Waals surface area (Å²) in [5.74, 6) is 0.640. The molecule has 7 nitrogen and oxygen atoms in total. The van der Waals surface area contributed by atoms with Crippen molar-refractivity contribution in [3.8, 4) is 5.88 Å². The highest BCUT2D eigenvalue weighted by Gasteiger charge is 2.43. The van der Waals surface area contributed by atoms with E-state index in [0.717, 1.165) is 38.5 Å². The Morgan fingerprint density at radius 1 is 1.03 bits per heavy atom. The summed E-state index contributed by atoms with van der Waals surface area (Å²) in [7, 11) is 0. The van der Waals surface area contributed by atoms with Crippen LogP contribution in [0.2, 0.25) is 0 Å². The summed E-state index contributed by atoms with van der Waals surface area (Å²) in [5.41, 5.74) is -0.476. The molecule has 4 rings (SSSR count). The van der Waals surface area contributed by atoms with Crippen molar-refractivity contribution in [1.29, 1.82) is 0 Å². The van der Waals surface area contributed by atoms with Crippen molar-refractivity contribution in [1.82, 2.24) is 14.9 Å². The number of ether oxygens (including phenoxy) is 3. The fourth-order valence-electron chi connectivity index (χ4n) is 4.48. The van der Waals surface area contributed by atoms with Crippen molar-refractivity contribution in [2.24, 2.45) is 0 Å². The van der Waals surface area contributed by atoms with Crippen LogP contribution in [0.3, 0.4) is 0 Å². The second-order valence-electron chi connectivity index (χ2n) is 9.20. The fraction of sp³-hybridized carbons (Fsp3) is 0.682. The number of hydrogen-bond acceptors (Lipinski definition) is 6. The summed E-state index contributed by atoms with van der Waals surface area (Å²) in [6.07, 6.45) is 13.5. The number of rotatable bonds is 4. The molecule has 0 radical (unpaired) electrons. The first-order valence-electron chi connectivity index (χ1n) is 10.6. The summed E-state index contributed by atoms with van der Waals surface area (Å²) in [5, 5.41) is 0. The second-order valence-corrected chi connectivity index (χ2v) is 9.20. The lowest BCUT2D eigenvalue weighted by Crippen LogP contribution is -2.51. The maximum Gasteiger partial charge on any atom is 0.411 e. The van der Waals surface area contributed by atoms with Crippen molar-refractivity contribution in [2.75, 3.05) is 0 Å². The van der Waals surface area contributed by atoms with Crippen LogP contribution in [-0.2, 0) is 9.47 Å². The summed E-state index contributed by atoms with van der Waals surface area (Å²) in [4.78, 5) is 22.5. The molecule has 1 saturated carbocycles. The standard InChI is InChI=1S/C22H31N3O4/c1-22(2,3)29-21(26)25-15-4-5-16(25)13-19(12-15)27-17-6-8-18(9-7-17)28-20-10-11-23-14-24-20/h4-5,10-11,14-19H,6-9,12-13H2,1-3H3/t15-,16+,17?,18?,19?. The molecule has 1 saturated heterocycles. The van der Waals surface area contributed by atoms with Gasteiger partial charge >= 0.3 is 6.09 Å². The molecule has 158 valence electrons. The Kier molecular flexibility index (Phi) is 5.76. The number of carbonyl (C=O) groups excluding carboxylic acids is 1. The summed E-state index contributed by atoms with van der Waals surface area (Å²) < 4.78 is 18.0. The lowest BCUT2D eigenvalue weighted by Gasteiger charge is -2.41. The Morgan fingerprint density at radius 2 is 1.69 bits per heavy atom. The smallest absolute Gasteiger partial charge is 0.411 e. The van der Waals surface area contributed by atoms with Gasteiger partial charge in [0.15, 0.2) is 0 Å². The van der Waals surface area contributed by atoms with Crippen molar-refractivity contribution in [2.45, 2.75) is 95.3 Å². The zero-order chi connectivity index (χ0) is 20.4. The van der Waals surface area contributed by atoms with E-state index in [1.54, 1.807) is 12.3 Å². The van der Waals surface area contributed by atoms with E-state index in [9.17, 15) is 4.79 Å². The van der Waals surface area contributed by atoms with Crippen LogP contribution in [0.5, 0.6) is 5.88 Å². The Bertz CT molecular complexity index is 709. The first-order chi connectivity index (χ1) is 13.9. The van der Waals surface area contributed by atoms with E-state index in [1.165, 1.54) is 6.33 Å². The van der Waals surface area contributed by atoms with Gasteiger partial charge in [-0.2, -0.15) is 0 Å². The number of amides is 1. The third-order valence-corrected chi connectivity index (χ3v) is 5.73. The molecule has 2 bridgehead atoms. The minimum atomic E-state index is -0.476. The molecule has 3 atom stereocenters. The van der Waals surface area contributed by atoms with E-state index in [-0.39, 0.29) is 36.5 Å². The molecule has 1 aliphatic carbocycles. The first kappa shape index (κ1) is 20.1. The molecule has 1 aromatic rings. The lowest BCUT2D eigenvalue weighted by atomic mass is 9.93. The van der Waals surface area contributed by atoms with Crippen molar-refractivity contribution in [3.63, 3.8) is 0 Å². The van der Waals surface area contributed by atoms with Gasteiger partial charge in [-0.3, -0.25) is 4.90 Å². The van der Waals surface area contributed by atoms with E-state index in [1.807, 2.05) is 25.7 Å². The van der Waals surface area contributed by atoms with E-state index < -0.39 is 5.60 Å². The van der Waals surface area contributed by atoms with Crippen LogP contribution < -0.4 is 4.74 Å². The van der Waals surface area contributed by atoms with E-state index in [4.69, 9.17) is 14.2 Å². The van der Waals surface area contributed by atoms with Crippen molar-refractivity contribution < 1.29 is 19.0 Å². The van der Waals surface area contributed by atoms with E-state index in [0.29, 0.717) is 5.88 Å². The predicted molar refractivity (Wildman–Crippen MR) is 108 cm³/mol. The molecule has 0 N–H and O–H groups in total. The molecule has 1 aromatic heterocycles. The van der Waals surface area contributed by atoms with Gasteiger partial charge < -0.3 is 14.2 Å². The highest BCUT2D eigenvalue weighted by atomic mass is 16.6. The maximum atomic E-state index is 12.6. The molecule has 29 heavy (non-hydrogen) atoms. The number of fused-ring (bicyclic) bond motifs is 2. The largest absolute Gasteiger partial charge is 0.474 e. The molecule has 7 heteroatoms. The average Bonchev–Trinajstić information content (AvgIpc) is 2.94. The van der Waals surface area contributed by atoms with Crippen LogP contribution in [0.15, 0.2) is 30.7 Å². The average molecular weight is 402 g/mol.